The maximum absolute atomic E-state index is 10.4. The monoisotopic (exact) mass is 384 g/mol. The second-order valence-electron chi connectivity index (χ2n) is 10.3. The highest BCUT2D eigenvalue weighted by Gasteiger charge is 2.32. The molecule has 0 saturated heterocycles. The number of hydrogen-bond donors (Lipinski definition) is 2. The molecule has 2 aromatic carbocycles. The maximum atomic E-state index is 10.4. The molecule has 0 fully saturated rings. The van der Waals surface area contributed by atoms with E-state index in [-0.39, 0.29) is 21.3 Å². The van der Waals surface area contributed by atoms with Gasteiger partial charge in [0.1, 0.15) is 18.1 Å². The molecule has 1 heterocycles. The van der Waals surface area contributed by atoms with E-state index in [2.05, 4.69) is 67.5 Å². The van der Waals surface area contributed by atoms with Crippen molar-refractivity contribution >= 4 is 12.6 Å². The van der Waals surface area contributed by atoms with Gasteiger partial charge in [-0.1, -0.05) is 53.7 Å². The van der Waals surface area contributed by atoms with E-state index < -0.39 is 0 Å². The van der Waals surface area contributed by atoms with Crippen LogP contribution in [0.4, 0.5) is 0 Å². The Hall–Kier alpha value is -1.61. The molecule has 0 spiro atoms. The van der Waals surface area contributed by atoms with Crippen LogP contribution in [0.2, 0.25) is 0 Å². The molecule has 0 saturated carbocycles. The van der Waals surface area contributed by atoms with Crippen molar-refractivity contribution in [3.05, 3.63) is 46.5 Å². The fourth-order valence-electron chi connectivity index (χ4n) is 3.72. The van der Waals surface area contributed by atoms with Gasteiger partial charge in [-0.15, -0.1) is 0 Å². The Morgan fingerprint density at radius 1 is 0.815 bits per heavy atom. The van der Waals surface area contributed by atoms with Crippen LogP contribution >= 0.6 is 12.6 Å². The molecule has 1 aliphatic rings. The third-order valence-electron chi connectivity index (χ3n) is 5.31. The quantitative estimate of drug-likeness (QED) is 0.535. The molecule has 0 aromatic heterocycles. The van der Waals surface area contributed by atoms with Gasteiger partial charge in [0.2, 0.25) is 0 Å². The van der Waals surface area contributed by atoms with Crippen molar-refractivity contribution in [1.82, 2.24) is 0 Å². The number of hydrogen-bond acceptors (Lipinski definition) is 3. The van der Waals surface area contributed by atoms with Crippen LogP contribution in [0, 0.1) is 0 Å². The van der Waals surface area contributed by atoms with Crippen molar-refractivity contribution in [2.24, 2.45) is 0 Å². The molecule has 0 amide bonds. The van der Waals surface area contributed by atoms with Crippen LogP contribution in [0.15, 0.2) is 24.3 Å². The summed E-state index contributed by atoms with van der Waals surface area (Å²) in [5.41, 5.74) is 6.70. The predicted molar refractivity (Wildman–Crippen MR) is 117 cm³/mol. The van der Waals surface area contributed by atoms with E-state index in [0.29, 0.717) is 6.61 Å². The van der Waals surface area contributed by atoms with Crippen LogP contribution in [0.1, 0.15) is 77.6 Å². The molecule has 0 aliphatic carbocycles. The number of phenolic OH excluding ortho intramolecular Hbond substituents is 1. The zero-order chi connectivity index (χ0) is 20.4. The minimum absolute atomic E-state index is 0.0188. The van der Waals surface area contributed by atoms with Crippen LogP contribution in [-0.4, -0.2) is 5.11 Å². The van der Waals surface area contributed by atoms with E-state index in [9.17, 15) is 5.11 Å². The molecule has 1 aliphatic heterocycles. The van der Waals surface area contributed by atoms with Crippen LogP contribution < -0.4 is 4.74 Å². The number of rotatable bonds is 1. The third kappa shape index (κ3) is 3.71. The summed E-state index contributed by atoms with van der Waals surface area (Å²) in [7, 11) is 0. The number of thiol groups is 1. The Morgan fingerprint density at radius 3 is 1.96 bits per heavy atom. The van der Waals surface area contributed by atoms with Gasteiger partial charge in [0, 0.05) is 21.4 Å². The molecule has 2 aromatic rings. The first-order valence-electron chi connectivity index (χ1n) is 9.60. The lowest BCUT2D eigenvalue weighted by atomic mass is 9.78. The fourth-order valence-corrected chi connectivity index (χ4v) is 3.92. The fraction of sp³-hybridized carbons (Fsp3) is 0.500. The Labute approximate surface area is 169 Å². The molecule has 2 nitrogen and oxygen atoms in total. The maximum Gasteiger partial charge on any atom is 0.131 e. The Kier molecular flexibility index (Phi) is 4.62. The third-order valence-corrected chi connectivity index (χ3v) is 5.55. The summed E-state index contributed by atoms with van der Waals surface area (Å²) >= 11 is 4.87. The van der Waals surface area contributed by atoms with Crippen LogP contribution in [0.25, 0.3) is 11.1 Å². The normalized spacial score (nSPS) is 14.4. The Morgan fingerprint density at radius 2 is 1.44 bits per heavy atom. The number of benzene rings is 2. The summed E-state index contributed by atoms with van der Waals surface area (Å²) < 4.78 is 6.00. The van der Waals surface area contributed by atoms with Gasteiger partial charge in [0.15, 0.2) is 0 Å². The van der Waals surface area contributed by atoms with Crippen LogP contribution in [0.3, 0.4) is 0 Å². The summed E-state index contributed by atoms with van der Waals surface area (Å²) in [5.74, 6) is 1.17. The van der Waals surface area contributed by atoms with E-state index in [0.717, 1.165) is 22.4 Å². The van der Waals surface area contributed by atoms with Crippen molar-refractivity contribution in [2.45, 2.75) is 77.6 Å². The molecule has 27 heavy (non-hydrogen) atoms. The first-order chi connectivity index (χ1) is 12.2. The van der Waals surface area contributed by atoms with E-state index in [4.69, 9.17) is 17.4 Å². The van der Waals surface area contributed by atoms with E-state index in [1.54, 1.807) is 0 Å². The average molecular weight is 385 g/mol. The smallest absolute Gasteiger partial charge is 0.131 e. The molecule has 0 radical (unpaired) electrons. The summed E-state index contributed by atoms with van der Waals surface area (Å²) in [4.78, 5) is 0. The van der Waals surface area contributed by atoms with Gasteiger partial charge in [-0.2, -0.15) is 12.6 Å². The van der Waals surface area contributed by atoms with Gasteiger partial charge in [-0.05, 0) is 53.5 Å². The number of aromatic hydroxyl groups is 1. The number of fused-ring (bicyclic) bond motifs is 3. The lowest BCUT2D eigenvalue weighted by molar-refractivity contribution is 0.291. The molecule has 0 unspecified atom stereocenters. The summed E-state index contributed by atoms with van der Waals surface area (Å²) in [6.45, 7) is 17.9. The second-order valence-corrected chi connectivity index (χ2v) is 11.4. The van der Waals surface area contributed by atoms with Crippen molar-refractivity contribution < 1.29 is 9.84 Å². The Bertz CT molecular complexity index is 891. The predicted octanol–water partition coefficient (Wildman–Crippen LogP) is 6.71. The summed E-state index contributed by atoms with van der Waals surface area (Å²) in [6, 6.07) is 8.21. The topological polar surface area (TPSA) is 29.5 Å². The van der Waals surface area contributed by atoms with Gasteiger partial charge in [-0.25, -0.2) is 0 Å². The SMILES string of the molecule is CC(C)(C)c1cc2c(c(C(C)(C)S)c1)COc1c-2cc(O)cc1C(C)(C)C. The van der Waals surface area contributed by atoms with Crippen molar-refractivity contribution in [1.29, 1.82) is 0 Å². The van der Waals surface area contributed by atoms with E-state index >= 15 is 0 Å². The van der Waals surface area contributed by atoms with Gasteiger partial charge >= 0.3 is 0 Å². The zero-order valence-corrected chi connectivity index (χ0v) is 18.7. The second kappa shape index (κ2) is 6.20. The highest BCUT2D eigenvalue weighted by atomic mass is 32.1. The van der Waals surface area contributed by atoms with Gasteiger partial charge < -0.3 is 9.84 Å². The minimum atomic E-state index is -0.282. The first kappa shape index (κ1) is 20.1. The lowest BCUT2D eigenvalue weighted by Crippen LogP contribution is -2.22. The van der Waals surface area contributed by atoms with Gasteiger partial charge in [0.05, 0.1) is 0 Å². The molecule has 146 valence electrons. The van der Waals surface area contributed by atoms with E-state index in [1.807, 2.05) is 12.1 Å². The summed E-state index contributed by atoms with van der Waals surface area (Å²) in [6.07, 6.45) is 0. The zero-order valence-electron chi connectivity index (χ0n) is 17.8. The van der Waals surface area contributed by atoms with Crippen molar-refractivity contribution in [3.63, 3.8) is 0 Å². The molecular formula is C24H32O2S. The van der Waals surface area contributed by atoms with Crippen molar-refractivity contribution in [2.75, 3.05) is 0 Å². The molecule has 0 atom stereocenters. The van der Waals surface area contributed by atoms with Gasteiger partial charge in [-0.3, -0.25) is 0 Å². The number of ether oxygens (including phenoxy) is 1. The standard InChI is InChI=1S/C24H32O2S/c1-22(2,3)14-9-16-17-11-15(25)12-20(23(4,5)6)21(17)26-13-18(16)19(10-14)24(7,8)27/h9-12,25,27H,13H2,1-8H3. The number of phenols is 1. The molecule has 0 bridgehead atoms. The molecule has 1 N–H and O–H groups in total. The average Bonchev–Trinajstić information content (AvgIpc) is 2.50. The highest BCUT2D eigenvalue weighted by molar-refractivity contribution is 7.81. The van der Waals surface area contributed by atoms with E-state index in [1.165, 1.54) is 16.7 Å². The Balaban J connectivity index is 2.39. The minimum Gasteiger partial charge on any atom is -0.508 e. The summed E-state index contributed by atoms with van der Waals surface area (Å²) in [5, 5.41) is 10.4. The molecular weight excluding hydrogens is 352 g/mol. The molecule has 3 rings (SSSR count). The van der Waals surface area contributed by atoms with Crippen molar-refractivity contribution in [3.8, 4) is 22.6 Å². The first-order valence-corrected chi connectivity index (χ1v) is 10.1. The van der Waals surface area contributed by atoms with Crippen LogP contribution in [0.5, 0.6) is 11.5 Å². The lowest BCUT2D eigenvalue weighted by Gasteiger charge is -2.34. The largest absolute Gasteiger partial charge is 0.508 e. The highest BCUT2D eigenvalue weighted by Crippen LogP contribution is 2.49. The van der Waals surface area contributed by atoms with Crippen LogP contribution in [-0.2, 0) is 22.2 Å². The molecule has 3 heteroatoms. The van der Waals surface area contributed by atoms with Gasteiger partial charge in [0.25, 0.3) is 0 Å².